The minimum absolute atomic E-state index is 0.0294. The van der Waals surface area contributed by atoms with Crippen molar-refractivity contribution in [3.05, 3.63) is 81.1 Å². The number of hydrogen-bond donors (Lipinski definition) is 1. The van der Waals surface area contributed by atoms with Crippen molar-refractivity contribution in [1.29, 1.82) is 0 Å². The summed E-state index contributed by atoms with van der Waals surface area (Å²) in [7, 11) is 0. The fourth-order valence-electron chi connectivity index (χ4n) is 4.39. The Morgan fingerprint density at radius 2 is 1.94 bits per heavy atom. The Morgan fingerprint density at radius 3 is 2.64 bits per heavy atom. The Bertz CT molecular complexity index is 1310. The van der Waals surface area contributed by atoms with E-state index < -0.39 is 36.3 Å². The highest BCUT2D eigenvalue weighted by Crippen LogP contribution is 2.41. The van der Waals surface area contributed by atoms with E-state index in [1.54, 1.807) is 4.68 Å². The molecule has 4 rings (SSSR count). The summed E-state index contributed by atoms with van der Waals surface area (Å²) in [4.78, 5) is 25.7. The second-order valence-corrected chi connectivity index (χ2v) is 8.84. The molecule has 0 saturated carbocycles. The van der Waals surface area contributed by atoms with Gasteiger partial charge in [0.25, 0.3) is 0 Å². The van der Waals surface area contributed by atoms with Gasteiger partial charge in [-0.15, -0.1) is 0 Å². The fraction of sp³-hybridized carbons (Fsp3) is 0.320. The van der Waals surface area contributed by atoms with Crippen LogP contribution in [0, 0.1) is 25.5 Å². The molecule has 1 N–H and O–H groups in total. The lowest BCUT2D eigenvalue weighted by Gasteiger charge is -2.37. The maximum Gasteiger partial charge on any atom is 0.410 e. The monoisotopic (exact) mass is 519 g/mol. The number of carboxylic acids is 1. The number of rotatable bonds is 7. The molecular formula is C25H24ClF2N3O5. The van der Waals surface area contributed by atoms with E-state index in [9.17, 15) is 18.4 Å². The standard InChI is InChI=1S/C25H24ClF2N3O5/c1-14-11-15(2)31(29-14)9-10-35-25(34)30-8-7-17-18(4-5-20(27)23(17)28)24(30)19-12-16(26)3-6-21(19)36-13-22(32)33/h3-6,11-12,24H,7-10,13H2,1-2H3,(H,32,33)/t24-/m0/s1. The van der Waals surface area contributed by atoms with Crippen LogP contribution >= 0.6 is 11.6 Å². The number of carbonyl (C=O) groups is 2. The number of fused-ring (bicyclic) bond motifs is 1. The van der Waals surface area contributed by atoms with Gasteiger partial charge in [-0.2, -0.15) is 5.10 Å². The predicted molar refractivity (Wildman–Crippen MR) is 126 cm³/mol. The third kappa shape index (κ3) is 5.28. The number of halogens is 3. The summed E-state index contributed by atoms with van der Waals surface area (Å²) in [6, 6.07) is 7.83. The lowest BCUT2D eigenvalue weighted by Crippen LogP contribution is -2.42. The van der Waals surface area contributed by atoms with Gasteiger partial charge in [0.1, 0.15) is 12.4 Å². The van der Waals surface area contributed by atoms with Crippen LogP contribution in [0.2, 0.25) is 5.02 Å². The molecule has 1 amide bonds. The highest BCUT2D eigenvalue weighted by atomic mass is 35.5. The molecule has 11 heteroatoms. The quantitative estimate of drug-likeness (QED) is 0.487. The number of carboxylic acid groups (broad SMARTS) is 1. The van der Waals surface area contributed by atoms with Gasteiger partial charge in [-0.25, -0.2) is 18.4 Å². The number of carbonyl (C=O) groups excluding carboxylic acids is 1. The zero-order valence-corrected chi connectivity index (χ0v) is 20.4. The molecule has 3 aromatic rings. The summed E-state index contributed by atoms with van der Waals surface area (Å²) in [6.07, 6.45) is -0.616. The van der Waals surface area contributed by atoms with Crippen molar-refractivity contribution in [3.63, 3.8) is 0 Å². The van der Waals surface area contributed by atoms with Crippen molar-refractivity contribution < 1.29 is 33.0 Å². The molecule has 1 aromatic heterocycles. The molecule has 2 aromatic carbocycles. The number of aromatic nitrogens is 2. The molecule has 1 aliphatic rings. The second-order valence-electron chi connectivity index (χ2n) is 8.40. The van der Waals surface area contributed by atoms with E-state index in [4.69, 9.17) is 26.2 Å². The Hall–Kier alpha value is -3.66. The Balaban J connectivity index is 1.68. The van der Waals surface area contributed by atoms with Gasteiger partial charge >= 0.3 is 12.1 Å². The predicted octanol–water partition coefficient (Wildman–Crippen LogP) is 4.68. The zero-order chi connectivity index (χ0) is 26.0. The van der Waals surface area contributed by atoms with Crippen molar-refractivity contribution in [2.75, 3.05) is 19.8 Å². The molecule has 0 fully saturated rings. The summed E-state index contributed by atoms with van der Waals surface area (Å²) in [5, 5.41) is 13.7. The average Bonchev–Trinajstić information content (AvgIpc) is 3.16. The van der Waals surface area contributed by atoms with Crippen LogP contribution in [0.3, 0.4) is 0 Å². The van der Waals surface area contributed by atoms with Gasteiger partial charge in [-0.05, 0) is 61.7 Å². The van der Waals surface area contributed by atoms with Crippen molar-refractivity contribution in [1.82, 2.24) is 14.7 Å². The van der Waals surface area contributed by atoms with Crippen molar-refractivity contribution in [2.45, 2.75) is 32.9 Å². The third-order valence-corrected chi connectivity index (χ3v) is 6.16. The van der Waals surface area contributed by atoms with Crippen LogP contribution in [0.5, 0.6) is 5.75 Å². The van der Waals surface area contributed by atoms with E-state index in [1.807, 2.05) is 19.9 Å². The topological polar surface area (TPSA) is 93.9 Å². The van der Waals surface area contributed by atoms with Crippen molar-refractivity contribution in [2.24, 2.45) is 0 Å². The molecule has 0 saturated heterocycles. The minimum Gasteiger partial charge on any atom is -0.482 e. The van der Waals surface area contributed by atoms with Gasteiger partial charge < -0.3 is 14.6 Å². The summed E-state index contributed by atoms with van der Waals surface area (Å²) in [5.41, 5.74) is 2.54. The van der Waals surface area contributed by atoms with Crippen LogP contribution in [0.1, 0.15) is 34.1 Å². The van der Waals surface area contributed by atoms with E-state index in [0.717, 1.165) is 17.5 Å². The molecule has 0 bridgehead atoms. The van der Waals surface area contributed by atoms with Gasteiger partial charge in [0.15, 0.2) is 18.2 Å². The van der Waals surface area contributed by atoms with Crippen LogP contribution in [0.4, 0.5) is 13.6 Å². The van der Waals surface area contributed by atoms with Gasteiger partial charge in [0, 0.05) is 22.8 Å². The second kappa shape index (κ2) is 10.5. The number of ether oxygens (including phenoxy) is 2. The Morgan fingerprint density at radius 1 is 1.17 bits per heavy atom. The number of hydrogen-bond acceptors (Lipinski definition) is 5. The molecule has 0 radical (unpaired) electrons. The fourth-order valence-corrected chi connectivity index (χ4v) is 4.57. The number of aryl methyl sites for hydroxylation is 2. The first-order chi connectivity index (χ1) is 17.2. The van der Waals surface area contributed by atoms with Crippen LogP contribution in [-0.2, 0) is 22.5 Å². The molecule has 2 heterocycles. The largest absolute Gasteiger partial charge is 0.482 e. The van der Waals surface area contributed by atoms with Crippen LogP contribution in [-0.4, -0.2) is 51.6 Å². The molecule has 0 aliphatic carbocycles. The van der Waals surface area contributed by atoms with Crippen LogP contribution in [0.15, 0.2) is 36.4 Å². The van der Waals surface area contributed by atoms with E-state index in [-0.39, 0.29) is 30.9 Å². The molecule has 1 aliphatic heterocycles. The first-order valence-electron chi connectivity index (χ1n) is 11.2. The highest BCUT2D eigenvalue weighted by molar-refractivity contribution is 6.30. The number of aliphatic carboxylic acids is 1. The first kappa shape index (κ1) is 25.4. The molecule has 8 nitrogen and oxygen atoms in total. The molecule has 0 spiro atoms. The smallest absolute Gasteiger partial charge is 0.410 e. The number of benzene rings is 2. The summed E-state index contributed by atoms with van der Waals surface area (Å²) >= 11 is 6.23. The van der Waals surface area contributed by atoms with Crippen molar-refractivity contribution >= 4 is 23.7 Å². The van der Waals surface area contributed by atoms with Crippen LogP contribution in [0.25, 0.3) is 0 Å². The van der Waals surface area contributed by atoms with Crippen LogP contribution < -0.4 is 4.74 Å². The molecule has 36 heavy (non-hydrogen) atoms. The van der Waals surface area contributed by atoms with Gasteiger partial charge in [0.2, 0.25) is 0 Å². The number of nitrogens with zero attached hydrogens (tertiary/aromatic N) is 3. The minimum atomic E-state index is -1.20. The first-order valence-corrected chi connectivity index (χ1v) is 11.6. The zero-order valence-electron chi connectivity index (χ0n) is 19.6. The Kier molecular flexibility index (Phi) is 7.44. The SMILES string of the molecule is Cc1cc(C)n(CCOC(=O)N2CCc3c(ccc(F)c3F)[C@H]2c2cc(Cl)ccc2OCC(=O)O)n1. The molecule has 1 atom stereocenters. The normalized spacial score (nSPS) is 14.9. The van der Waals surface area contributed by atoms with E-state index in [0.29, 0.717) is 22.7 Å². The average molecular weight is 520 g/mol. The molecule has 0 unspecified atom stereocenters. The summed E-state index contributed by atoms with van der Waals surface area (Å²) in [6.45, 7) is 3.52. The number of amides is 1. The van der Waals surface area contributed by atoms with E-state index in [1.165, 1.54) is 29.2 Å². The maximum atomic E-state index is 14.7. The molecule has 190 valence electrons. The summed E-state index contributed by atoms with van der Waals surface area (Å²) < 4.78 is 41.4. The Labute approximate surface area is 211 Å². The lowest BCUT2D eigenvalue weighted by molar-refractivity contribution is -0.139. The summed E-state index contributed by atoms with van der Waals surface area (Å²) in [5.74, 6) is -3.05. The van der Waals surface area contributed by atoms with Gasteiger partial charge in [-0.1, -0.05) is 17.7 Å². The van der Waals surface area contributed by atoms with E-state index in [2.05, 4.69) is 5.10 Å². The van der Waals surface area contributed by atoms with Gasteiger partial charge in [0.05, 0.1) is 18.3 Å². The highest BCUT2D eigenvalue weighted by Gasteiger charge is 2.37. The lowest BCUT2D eigenvalue weighted by atomic mass is 9.87. The third-order valence-electron chi connectivity index (χ3n) is 5.93. The van der Waals surface area contributed by atoms with E-state index >= 15 is 0 Å². The molecular weight excluding hydrogens is 496 g/mol. The van der Waals surface area contributed by atoms with Crippen molar-refractivity contribution in [3.8, 4) is 5.75 Å². The maximum absolute atomic E-state index is 14.7. The van der Waals surface area contributed by atoms with Gasteiger partial charge in [-0.3, -0.25) is 9.58 Å².